The van der Waals surface area contributed by atoms with Crippen LogP contribution in [0.25, 0.3) is 11.3 Å². The lowest BCUT2D eigenvalue weighted by atomic mass is 10.0. The van der Waals surface area contributed by atoms with E-state index in [2.05, 4.69) is 15.3 Å². The molecule has 1 aromatic heterocycles. The van der Waals surface area contributed by atoms with E-state index >= 15 is 0 Å². The molecule has 20 heavy (non-hydrogen) atoms. The zero-order chi connectivity index (χ0) is 14.1. The van der Waals surface area contributed by atoms with Crippen molar-refractivity contribution >= 4 is 17.6 Å². The number of carboxylic acid groups (broad SMARTS) is 1. The number of hydrogen-bond acceptors (Lipinski definition) is 4. The summed E-state index contributed by atoms with van der Waals surface area (Å²) in [6.07, 6.45) is 3.15. The van der Waals surface area contributed by atoms with Gasteiger partial charge in [0.25, 0.3) is 0 Å². The largest absolute Gasteiger partial charge is 0.481 e. The van der Waals surface area contributed by atoms with Crippen LogP contribution in [0, 0.1) is 0 Å². The number of anilines is 1. The van der Waals surface area contributed by atoms with Crippen molar-refractivity contribution in [3.63, 3.8) is 0 Å². The monoisotopic (exact) mass is 269 g/mol. The summed E-state index contributed by atoms with van der Waals surface area (Å²) in [5.74, 6) is -0.994. The van der Waals surface area contributed by atoms with Crippen LogP contribution in [-0.4, -0.2) is 27.0 Å². The molecule has 0 saturated carbocycles. The first kappa shape index (κ1) is 12.3. The van der Waals surface area contributed by atoms with Crippen molar-refractivity contribution in [2.24, 2.45) is 0 Å². The zero-order valence-corrected chi connectivity index (χ0v) is 10.5. The first-order chi connectivity index (χ1) is 9.63. The van der Waals surface area contributed by atoms with E-state index in [-0.39, 0.29) is 12.3 Å². The third-order valence-corrected chi connectivity index (χ3v) is 3.10. The molecule has 0 unspecified atom stereocenters. The molecular formula is C14H11N3O3. The maximum atomic E-state index is 11.3. The van der Waals surface area contributed by atoms with Crippen LogP contribution in [0.3, 0.4) is 0 Å². The lowest BCUT2D eigenvalue weighted by Crippen LogP contribution is -2.05. The number of rotatable bonds is 3. The van der Waals surface area contributed by atoms with Crippen molar-refractivity contribution in [3.8, 4) is 11.3 Å². The molecule has 0 atom stereocenters. The van der Waals surface area contributed by atoms with Crippen LogP contribution in [0.15, 0.2) is 30.6 Å². The number of aliphatic carboxylic acids is 1. The number of nitrogens with one attached hydrogen (secondary N) is 1. The first-order valence-corrected chi connectivity index (χ1v) is 6.08. The van der Waals surface area contributed by atoms with E-state index in [0.717, 1.165) is 16.8 Å². The normalized spacial score (nSPS) is 12.9. The number of aromatic nitrogens is 2. The summed E-state index contributed by atoms with van der Waals surface area (Å²) in [5, 5.41) is 11.7. The Morgan fingerprint density at radius 1 is 1.30 bits per heavy atom. The first-order valence-electron chi connectivity index (χ1n) is 6.08. The van der Waals surface area contributed by atoms with Crippen molar-refractivity contribution in [2.75, 3.05) is 5.32 Å². The smallest absolute Gasteiger partial charge is 0.309 e. The molecule has 1 aromatic carbocycles. The van der Waals surface area contributed by atoms with Crippen LogP contribution in [0.5, 0.6) is 0 Å². The highest BCUT2D eigenvalue weighted by Crippen LogP contribution is 2.29. The van der Waals surface area contributed by atoms with Gasteiger partial charge < -0.3 is 10.4 Å². The molecule has 1 aliphatic heterocycles. The molecule has 0 radical (unpaired) electrons. The fraction of sp³-hybridized carbons (Fsp3) is 0.143. The highest BCUT2D eigenvalue weighted by atomic mass is 16.4. The Labute approximate surface area is 114 Å². The molecule has 6 nitrogen and oxygen atoms in total. The van der Waals surface area contributed by atoms with E-state index in [0.29, 0.717) is 17.8 Å². The number of hydrogen-bond donors (Lipinski definition) is 2. The zero-order valence-electron chi connectivity index (χ0n) is 10.5. The second-order valence-electron chi connectivity index (χ2n) is 4.52. The molecule has 6 heteroatoms. The second kappa shape index (κ2) is 4.73. The van der Waals surface area contributed by atoms with E-state index in [1.807, 2.05) is 6.07 Å². The molecule has 3 rings (SSSR count). The molecule has 0 aliphatic carbocycles. The molecule has 0 bridgehead atoms. The third kappa shape index (κ3) is 2.23. The lowest BCUT2D eigenvalue weighted by molar-refractivity contribution is -0.136. The van der Waals surface area contributed by atoms with Gasteiger partial charge in [-0.3, -0.25) is 19.6 Å². The maximum Gasteiger partial charge on any atom is 0.309 e. The van der Waals surface area contributed by atoms with Gasteiger partial charge >= 0.3 is 5.97 Å². The molecule has 2 heterocycles. The van der Waals surface area contributed by atoms with E-state index in [1.165, 1.54) is 12.4 Å². The quantitative estimate of drug-likeness (QED) is 0.875. The lowest BCUT2D eigenvalue weighted by Gasteiger charge is -2.07. The van der Waals surface area contributed by atoms with E-state index < -0.39 is 5.97 Å². The van der Waals surface area contributed by atoms with Gasteiger partial charge in [-0.2, -0.15) is 0 Å². The summed E-state index contributed by atoms with van der Waals surface area (Å²) in [7, 11) is 0. The third-order valence-electron chi connectivity index (χ3n) is 3.10. The van der Waals surface area contributed by atoms with Crippen LogP contribution in [0.2, 0.25) is 0 Å². The van der Waals surface area contributed by atoms with Crippen LogP contribution in [-0.2, 0) is 22.4 Å². The summed E-state index contributed by atoms with van der Waals surface area (Å²) in [5.41, 5.74) is 3.40. The van der Waals surface area contributed by atoms with Gasteiger partial charge in [0, 0.05) is 23.6 Å². The fourth-order valence-corrected chi connectivity index (χ4v) is 2.26. The van der Waals surface area contributed by atoms with Gasteiger partial charge in [0.2, 0.25) is 5.91 Å². The van der Waals surface area contributed by atoms with Crippen LogP contribution < -0.4 is 5.32 Å². The fourth-order valence-electron chi connectivity index (χ4n) is 2.26. The number of carbonyl (C=O) groups excluding carboxylic acids is 1. The molecule has 2 N–H and O–H groups in total. The number of nitrogens with zero attached hydrogens (tertiary/aromatic N) is 2. The highest BCUT2D eigenvalue weighted by Gasteiger charge is 2.19. The SMILES string of the molecule is O=C(O)Cc1nccnc1-c1ccc2c(c1)CC(=O)N2. The topological polar surface area (TPSA) is 92.2 Å². The average Bonchev–Trinajstić information content (AvgIpc) is 2.77. The van der Waals surface area contributed by atoms with Crippen LogP contribution in [0.4, 0.5) is 5.69 Å². The minimum Gasteiger partial charge on any atom is -0.481 e. The summed E-state index contributed by atoms with van der Waals surface area (Å²) >= 11 is 0. The van der Waals surface area contributed by atoms with E-state index in [9.17, 15) is 9.59 Å². The van der Waals surface area contributed by atoms with Gasteiger partial charge in [0.1, 0.15) is 0 Å². The number of carboxylic acids is 1. The molecule has 2 aromatic rings. The Morgan fingerprint density at radius 2 is 2.10 bits per heavy atom. The Bertz CT molecular complexity index is 713. The van der Waals surface area contributed by atoms with Gasteiger partial charge in [-0.1, -0.05) is 6.07 Å². The standard InChI is InChI=1S/C14H11N3O3/c18-12-6-9-5-8(1-2-10(9)17-12)14-11(7-13(19)20)15-3-4-16-14/h1-5H,6-7H2,(H,17,18)(H,19,20). The van der Waals surface area contributed by atoms with Gasteiger partial charge in [-0.15, -0.1) is 0 Å². The summed E-state index contributed by atoms with van der Waals surface area (Å²) in [4.78, 5) is 30.5. The molecule has 1 aliphatic rings. The average molecular weight is 269 g/mol. The van der Waals surface area contributed by atoms with Crippen molar-refractivity contribution < 1.29 is 14.7 Å². The Balaban J connectivity index is 2.04. The van der Waals surface area contributed by atoms with E-state index in [4.69, 9.17) is 5.11 Å². The van der Waals surface area contributed by atoms with Gasteiger partial charge in [-0.25, -0.2) is 0 Å². The molecule has 100 valence electrons. The number of fused-ring (bicyclic) bond motifs is 1. The van der Waals surface area contributed by atoms with Crippen molar-refractivity contribution in [1.82, 2.24) is 9.97 Å². The van der Waals surface area contributed by atoms with Crippen molar-refractivity contribution in [3.05, 3.63) is 41.9 Å². The van der Waals surface area contributed by atoms with Gasteiger partial charge in [-0.05, 0) is 17.7 Å². The Kier molecular flexibility index (Phi) is 2.90. The van der Waals surface area contributed by atoms with Crippen LogP contribution >= 0.6 is 0 Å². The highest BCUT2D eigenvalue weighted by molar-refractivity contribution is 5.99. The predicted octanol–water partition coefficient (Wildman–Crippen LogP) is 1.27. The van der Waals surface area contributed by atoms with Crippen LogP contribution in [0.1, 0.15) is 11.3 Å². The van der Waals surface area contributed by atoms with Gasteiger partial charge in [0.05, 0.1) is 24.2 Å². The molecule has 0 fully saturated rings. The number of carbonyl (C=O) groups is 2. The Morgan fingerprint density at radius 3 is 2.90 bits per heavy atom. The molecular weight excluding hydrogens is 258 g/mol. The van der Waals surface area contributed by atoms with Crippen molar-refractivity contribution in [1.29, 1.82) is 0 Å². The summed E-state index contributed by atoms with van der Waals surface area (Å²) in [6.45, 7) is 0. The minimum absolute atomic E-state index is 0.0398. The summed E-state index contributed by atoms with van der Waals surface area (Å²) < 4.78 is 0. The molecule has 0 saturated heterocycles. The Hall–Kier alpha value is -2.76. The second-order valence-corrected chi connectivity index (χ2v) is 4.52. The minimum atomic E-state index is -0.954. The van der Waals surface area contributed by atoms with Gasteiger partial charge in [0.15, 0.2) is 0 Å². The maximum absolute atomic E-state index is 11.3. The molecule has 0 spiro atoms. The number of benzene rings is 1. The predicted molar refractivity (Wildman–Crippen MR) is 71.1 cm³/mol. The van der Waals surface area contributed by atoms with E-state index in [1.54, 1.807) is 12.1 Å². The number of amides is 1. The van der Waals surface area contributed by atoms with Crippen molar-refractivity contribution in [2.45, 2.75) is 12.8 Å². The molecule has 1 amide bonds. The summed E-state index contributed by atoms with van der Waals surface area (Å²) in [6, 6.07) is 5.46.